The van der Waals surface area contributed by atoms with Crippen LogP contribution in [0.4, 0.5) is 0 Å². The molecule has 6 heteroatoms. The number of nitrogens with two attached hydrogens (primary N) is 1. The Morgan fingerprint density at radius 1 is 1.61 bits per heavy atom. The van der Waals surface area contributed by atoms with Gasteiger partial charge in [-0.15, -0.1) is 0 Å². The lowest BCUT2D eigenvalue weighted by Crippen LogP contribution is -2.47. The number of carbonyl (C=O) groups excluding carboxylic acids is 1. The second-order valence-electron chi connectivity index (χ2n) is 5.10. The molecule has 2 heterocycles. The maximum absolute atomic E-state index is 12.4. The van der Waals surface area contributed by atoms with E-state index < -0.39 is 0 Å². The van der Waals surface area contributed by atoms with E-state index in [9.17, 15) is 4.79 Å². The molecule has 0 aliphatic carbocycles. The molecule has 2 rings (SSSR count). The lowest BCUT2D eigenvalue weighted by Gasteiger charge is -2.37. The fraction of sp³-hybridized carbons (Fsp3) is 0.750. The molecule has 18 heavy (non-hydrogen) atoms. The summed E-state index contributed by atoms with van der Waals surface area (Å²) < 4.78 is 1.60. The summed E-state index contributed by atoms with van der Waals surface area (Å²) in [5, 5.41) is 4.02. The van der Waals surface area contributed by atoms with Crippen molar-refractivity contribution < 1.29 is 4.79 Å². The van der Waals surface area contributed by atoms with Gasteiger partial charge in [0.2, 0.25) is 5.91 Å². The van der Waals surface area contributed by atoms with Crippen LogP contribution in [0.15, 0.2) is 12.7 Å². The summed E-state index contributed by atoms with van der Waals surface area (Å²) in [7, 11) is 0. The van der Waals surface area contributed by atoms with Crippen molar-refractivity contribution in [3.63, 3.8) is 0 Å². The van der Waals surface area contributed by atoms with Crippen LogP contribution in [0.5, 0.6) is 0 Å². The van der Waals surface area contributed by atoms with Gasteiger partial charge in [0.15, 0.2) is 0 Å². The zero-order valence-corrected chi connectivity index (χ0v) is 11.0. The number of amides is 1. The molecule has 0 spiro atoms. The Morgan fingerprint density at radius 3 is 3.00 bits per heavy atom. The van der Waals surface area contributed by atoms with E-state index >= 15 is 0 Å². The quantitative estimate of drug-likeness (QED) is 0.837. The highest BCUT2D eigenvalue weighted by Gasteiger charge is 2.30. The molecule has 2 N–H and O–H groups in total. The molecule has 0 aromatic carbocycles. The van der Waals surface area contributed by atoms with E-state index in [-0.39, 0.29) is 11.9 Å². The summed E-state index contributed by atoms with van der Waals surface area (Å²) in [5.41, 5.74) is 5.76. The number of hydrogen-bond acceptors (Lipinski definition) is 4. The van der Waals surface area contributed by atoms with Crippen molar-refractivity contribution in [1.82, 2.24) is 19.7 Å². The number of rotatable bonds is 3. The molecule has 1 amide bonds. The summed E-state index contributed by atoms with van der Waals surface area (Å²) in [5.74, 6) is 1.11. The third-order valence-corrected chi connectivity index (χ3v) is 3.92. The fourth-order valence-electron chi connectivity index (χ4n) is 2.45. The second-order valence-corrected chi connectivity index (χ2v) is 5.10. The highest BCUT2D eigenvalue weighted by atomic mass is 16.2. The molecule has 1 fully saturated rings. The fourth-order valence-corrected chi connectivity index (χ4v) is 2.45. The number of hydrogen-bond donors (Lipinski definition) is 1. The minimum atomic E-state index is -0.292. The number of likely N-dealkylation sites (tertiary alicyclic amines) is 1. The Hall–Kier alpha value is -1.43. The summed E-state index contributed by atoms with van der Waals surface area (Å²) in [6.45, 7) is 6.28. The predicted molar refractivity (Wildman–Crippen MR) is 67.6 cm³/mol. The second kappa shape index (κ2) is 5.48. The van der Waals surface area contributed by atoms with Crippen LogP contribution < -0.4 is 5.73 Å². The average Bonchev–Trinajstić information content (AvgIpc) is 2.91. The molecule has 1 aliphatic rings. The monoisotopic (exact) mass is 251 g/mol. The number of piperidine rings is 1. The summed E-state index contributed by atoms with van der Waals surface area (Å²) in [6, 6.07) is -0.292. The lowest BCUT2D eigenvalue weighted by molar-refractivity contribution is -0.137. The highest BCUT2D eigenvalue weighted by Crippen LogP contribution is 2.23. The molecule has 6 nitrogen and oxygen atoms in total. The maximum atomic E-state index is 12.4. The molecule has 100 valence electrons. The number of aromatic nitrogens is 3. The Morgan fingerprint density at radius 2 is 2.39 bits per heavy atom. The van der Waals surface area contributed by atoms with E-state index in [1.807, 2.05) is 11.8 Å². The van der Waals surface area contributed by atoms with Gasteiger partial charge in [-0.1, -0.05) is 6.92 Å². The van der Waals surface area contributed by atoms with E-state index in [1.165, 1.54) is 6.33 Å². The zero-order chi connectivity index (χ0) is 13.1. The summed E-state index contributed by atoms with van der Waals surface area (Å²) in [4.78, 5) is 18.1. The van der Waals surface area contributed by atoms with Crippen LogP contribution in [0.2, 0.25) is 0 Å². The first-order valence-corrected chi connectivity index (χ1v) is 6.46. The molecular weight excluding hydrogens is 230 g/mol. The molecule has 0 radical (unpaired) electrons. The van der Waals surface area contributed by atoms with Crippen LogP contribution in [0.1, 0.15) is 26.3 Å². The van der Waals surface area contributed by atoms with Crippen LogP contribution in [0.3, 0.4) is 0 Å². The Labute approximate surface area is 107 Å². The summed E-state index contributed by atoms with van der Waals surface area (Å²) in [6.07, 6.45) is 4.05. The topological polar surface area (TPSA) is 77.0 Å². The van der Waals surface area contributed by atoms with Crippen LogP contribution >= 0.6 is 0 Å². The van der Waals surface area contributed by atoms with Gasteiger partial charge in [0.1, 0.15) is 18.7 Å². The average molecular weight is 251 g/mol. The molecule has 1 aromatic heterocycles. The van der Waals surface area contributed by atoms with Gasteiger partial charge < -0.3 is 10.6 Å². The zero-order valence-electron chi connectivity index (χ0n) is 11.0. The van der Waals surface area contributed by atoms with E-state index in [0.717, 1.165) is 19.5 Å². The first-order valence-electron chi connectivity index (χ1n) is 6.46. The minimum absolute atomic E-state index is 0.103. The highest BCUT2D eigenvalue weighted by molar-refractivity contribution is 5.80. The first-order chi connectivity index (χ1) is 8.63. The third kappa shape index (κ3) is 2.53. The first kappa shape index (κ1) is 13.0. The van der Waals surface area contributed by atoms with Gasteiger partial charge in [-0.2, -0.15) is 5.10 Å². The van der Waals surface area contributed by atoms with Gasteiger partial charge in [-0.05, 0) is 31.7 Å². The standard InChI is InChI=1S/C12H21N5O/c1-9-3-4-16(6-11(9)5-13)12(18)10(2)17-8-14-7-15-17/h7-11H,3-6,13H2,1-2H3. The van der Waals surface area contributed by atoms with E-state index in [4.69, 9.17) is 5.73 Å². The van der Waals surface area contributed by atoms with Gasteiger partial charge in [0, 0.05) is 13.1 Å². The van der Waals surface area contributed by atoms with Gasteiger partial charge >= 0.3 is 0 Å². The Bertz CT molecular complexity index is 391. The SMILES string of the molecule is CC1CCN(C(=O)C(C)n2cncn2)CC1CN. The van der Waals surface area contributed by atoms with E-state index in [2.05, 4.69) is 17.0 Å². The van der Waals surface area contributed by atoms with Gasteiger partial charge in [0.05, 0.1) is 0 Å². The number of carbonyl (C=O) groups is 1. The smallest absolute Gasteiger partial charge is 0.247 e. The molecule has 3 atom stereocenters. The maximum Gasteiger partial charge on any atom is 0.247 e. The van der Waals surface area contributed by atoms with Gasteiger partial charge in [0.25, 0.3) is 0 Å². The predicted octanol–water partition coefficient (Wildman–Crippen LogP) is 0.282. The van der Waals surface area contributed by atoms with Crippen LogP contribution in [-0.4, -0.2) is 45.2 Å². The van der Waals surface area contributed by atoms with Crippen molar-refractivity contribution in [2.45, 2.75) is 26.3 Å². The summed E-state index contributed by atoms with van der Waals surface area (Å²) >= 11 is 0. The van der Waals surface area contributed by atoms with Crippen LogP contribution in [0, 0.1) is 11.8 Å². The molecular formula is C12H21N5O. The molecule has 1 aliphatic heterocycles. The van der Waals surface area contributed by atoms with Crippen LogP contribution in [-0.2, 0) is 4.79 Å². The molecule has 0 bridgehead atoms. The van der Waals surface area contributed by atoms with Gasteiger partial charge in [-0.3, -0.25) is 4.79 Å². The van der Waals surface area contributed by atoms with E-state index in [1.54, 1.807) is 11.0 Å². The normalized spacial score (nSPS) is 26.1. The van der Waals surface area contributed by atoms with Crippen molar-refractivity contribution in [2.24, 2.45) is 17.6 Å². The van der Waals surface area contributed by atoms with Crippen molar-refractivity contribution in [3.8, 4) is 0 Å². The lowest BCUT2D eigenvalue weighted by atomic mass is 9.87. The largest absolute Gasteiger partial charge is 0.341 e. The molecule has 1 aromatic rings. The Kier molecular flexibility index (Phi) is 3.96. The molecule has 1 saturated heterocycles. The van der Waals surface area contributed by atoms with E-state index in [0.29, 0.717) is 18.4 Å². The minimum Gasteiger partial charge on any atom is -0.341 e. The van der Waals surface area contributed by atoms with Crippen molar-refractivity contribution in [2.75, 3.05) is 19.6 Å². The van der Waals surface area contributed by atoms with Crippen LogP contribution in [0.25, 0.3) is 0 Å². The molecule has 0 saturated carbocycles. The molecule has 3 unspecified atom stereocenters. The Balaban J connectivity index is 2.01. The third-order valence-electron chi connectivity index (χ3n) is 3.92. The van der Waals surface area contributed by atoms with Crippen molar-refractivity contribution in [1.29, 1.82) is 0 Å². The van der Waals surface area contributed by atoms with Crippen molar-refractivity contribution >= 4 is 5.91 Å². The van der Waals surface area contributed by atoms with Crippen molar-refractivity contribution in [3.05, 3.63) is 12.7 Å². The van der Waals surface area contributed by atoms with Gasteiger partial charge in [-0.25, -0.2) is 9.67 Å². The number of nitrogens with zero attached hydrogens (tertiary/aromatic N) is 4.